The van der Waals surface area contributed by atoms with Gasteiger partial charge in [0.2, 0.25) is 0 Å². The van der Waals surface area contributed by atoms with Gasteiger partial charge in [0.05, 0.1) is 17.0 Å². The zero-order chi connectivity index (χ0) is 21.4. The van der Waals surface area contributed by atoms with Crippen molar-refractivity contribution in [1.29, 1.82) is 0 Å². The molecule has 0 radical (unpaired) electrons. The van der Waals surface area contributed by atoms with Gasteiger partial charge in [0, 0.05) is 5.56 Å². The number of H-pyrrole nitrogens is 1. The Hall–Kier alpha value is -3.41. The van der Waals surface area contributed by atoms with E-state index in [1.165, 1.54) is 6.07 Å². The lowest BCUT2D eigenvalue weighted by atomic mass is 10.2. The van der Waals surface area contributed by atoms with E-state index < -0.39 is 13.8 Å². The van der Waals surface area contributed by atoms with E-state index in [4.69, 9.17) is 30.4 Å². The van der Waals surface area contributed by atoms with Gasteiger partial charge in [-0.3, -0.25) is 0 Å². The predicted octanol–water partition coefficient (Wildman–Crippen LogP) is -0.716. The number of nitrogens with zero attached hydrogens (tertiary/aromatic N) is 1. The van der Waals surface area contributed by atoms with E-state index in [0.717, 1.165) is 5.56 Å². The second-order valence-corrected chi connectivity index (χ2v) is 6.35. The van der Waals surface area contributed by atoms with Gasteiger partial charge in [0.25, 0.3) is 0 Å². The van der Waals surface area contributed by atoms with Crippen molar-refractivity contribution < 1.29 is 33.9 Å². The number of aromatic nitrogens is 2. The maximum Gasteiger partial charge on any atom is 0.148 e. The molecule has 0 aliphatic carbocycles. The van der Waals surface area contributed by atoms with Crippen LogP contribution in [-0.2, 0) is 4.57 Å². The number of rotatable bonds is 5. The number of fused-ring (bicyclic) bond motifs is 1. The zero-order valence-corrected chi connectivity index (χ0v) is 15.6. The third kappa shape index (κ3) is 7.25. The average Bonchev–Trinajstić information content (AvgIpc) is 3.07. The number of hydrogen-bond donors (Lipinski definition) is 1. The number of carbonyl (C=O) groups excluding carboxylic acids is 1. The molecule has 3 rings (SSSR count). The molecule has 0 saturated heterocycles. The molecule has 2 aromatic carbocycles. The molecular formula is C19H13N2O7P-4. The number of carbonyl (C=O) groups is 1. The molecule has 1 heterocycles. The smallest absolute Gasteiger partial charge is 0.148 e. The highest BCUT2D eigenvalue weighted by atomic mass is 31.2. The van der Waals surface area contributed by atoms with Crippen LogP contribution in [0.2, 0.25) is 0 Å². The number of imidazole rings is 1. The standard InChI is InChI=1S/C19H14N2O3.H3O4P/c1-2-12-24-14-9-6-13(7-10-14)8-11-17-20-16-5-3-4-15(19(22)23)18(16)21-17;1-5(2,3)4/h1,3-11H,12H2,(H,20,21)(H,22,23);(H3,1,2,3,4)/p-4/b11-8+;. The number of para-hydroxylation sites is 1. The minimum Gasteiger partial charge on any atom is -0.822 e. The summed E-state index contributed by atoms with van der Waals surface area (Å²) in [4.78, 5) is 44.1. The van der Waals surface area contributed by atoms with Crippen LogP contribution < -0.4 is 24.5 Å². The minimum atomic E-state index is -5.39. The molecule has 3 aromatic rings. The molecule has 10 heteroatoms. The topological polar surface area (TPSA) is 164 Å². The van der Waals surface area contributed by atoms with Gasteiger partial charge in [-0.2, -0.15) is 7.82 Å². The molecule has 0 saturated carbocycles. The number of terminal acetylenes is 1. The van der Waals surface area contributed by atoms with E-state index in [2.05, 4.69) is 15.9 Å². The first-order chi connectivity index (χ1) is 13.7. The van der Waals surface area contributed by atoms with Crippen molar-refractivity contribution in [2.75, 3.05) is 6.61 Å². The molecule has 29 heavy (non-hydrogen) atoms. The second-order valence-electron chi connectivity index (χ2n) is 5.45. The molecule has 9 nitrogen and oxygen atoms in total. The van der Waals surface area contributed by atoms with Gasteiger partial charge in [-0.25, -0.2) is 4.98 Å². The summed E-state index contributed by atoms with van der Waals surface area (Å²) in [5, 5.41) is 11.1. The molecule has 1 aromatic heterocycles. The largest absolute Gasteiger partial charge is 0.822 e. The van der Waals surface area contributed by atoms with E-state index in [0.29, 0.717) is 22.6 Å². The molecule has 1 N–H and O–H groups in total. The molecule has 0 spiro atoms. The predicted molar refractivity (Wildman–Crippen MR) is 97.7 cm³/mol. The summed E-state index contributed by atoms with van der Waals surface area (Å²) in [6, 6.07) is 12.3. The molecule has 0 fully saturated rings. The van der Waals surface area contributed by atoms with Crippen LogP contribution in [0.5, 0.6) is 5.75 Å². The zero-order valence-electron chi connectivity index (χ0n) is 14.7. The number of phosphoric acid groups is 1. The van der Waals surface area contributed by atoms with E-state index in [9.17, 15) is 9.90 Å². The Balaban J connectivity index is 0.000000537. The third-order valence-electron chi connectivity index (χ3n) is 3.39. The lowest BCUT2D eigenvalue weighted by Gasteiger charge is -2.36. The molecule has 0 aliphatic heterocycles. The molecule has 0 amide bonds. The Morgan fingerprint density at radius 3 is 2.41 bits per heavy atom. The monoisotopic (exact) mass is 412 g/mol. The number of hydrogen-bond acceptors (Lipinski definition) is 8. The number of carboxylic acids is 1. The third-order valence-corrected chi connectivity index (χ3v) is 3.39. The summed E-state index contributed by atoms with van der Waals surface area (Å²) in [5.74, 6) is 2.43. The summed E-state index contributed by atoms with van der Waals surface area (Å²) in [5.41, 5.74) is 2.05. The summed E-state index contributed by atoms with van der Waals surface area (Å²) < 4.78 is 13.9. The SMILES string of the molecule is C#CCOc1ccc(/C=C/c2nc3c(C(=O)[O-])cccc3[nH]2)cc1.O=P([O-])([O-])[O-]. The summed E-state index contributed by atoms with van der Waals surface area (Å²) in [6.45, 7) is 0.231. The fourth-order valence-electron chi connectivity index (χ4n) is 2.27. The molecular weight excluding hydrogens is 399 g/mol. The van der Waals surface area contributed by atoms with Crippen LogP contribution in [0.3, 0.4) is 0 Å². The maximum atomic E-state index is 11.1. The molecule has 150 valence electrons. The Morgan fingerprint density at radius 1 is 1.17 bits per heavy atom. The first-order valence-corrected chi connectivity index (χ1v) is 9.41. The lowest BCUT2D eigenvalue weighted by Crippen LogP contribution is -2.24. The molecule has 0 unspecified atom stereocenters. The minimum absolute atomic E-state index is 0.0680. The Bertz CT molecular complexity index is 1100. The van der Waals surface area contributed by atoms with Gasteiger partial charge < -0.3 is 38.9 Å². The van der Waals surface area contributed by atoms with Crippen molar-refractivity contribution >= 4 is 37.0 Å². The first-order valence-electron chi connectivity index (χ1n) is 7.95. The van der Waals surface area contributed by atoms with E-state index in [-0.39, 0.29) is 12.2 Å². The van der Waals surface area contributed by atoms with Crippen LogP contribution in [0.4, 0.5) is 0 Å². The van der Waals surface area contributed by atoms with Crippen LogP contribution in [0, 0.1) is 12.3 Å². The number of benzene rings is 2. The average molecular weight is 412 g/mol. The quantitative estimate of drug-likeness (QED) is 0.424. The number of nitrogens with one attached hydrogen (secondary N) is 1. The summed E-state index contributed by atoms with van der Waals surface area (Å²) >= 11 is 0. The molecule has 0 bridgehead atoms. The van der Waals surface area contributed by atoms with Gasteiger partial charge in [-0.1, -0.05) is 36.3 Å². The van der Waals surface area contributed by atoms with Gasteiger partial charge in [-0.05, 0) is 29.8 Å². The van der Waals surface area contributed by atoms with Crippen molar-refractivity contribution in [2.24, 2.45) is 0 Å². The lowest BCUT2D eigenvalue weighted by molar-refractivity contribution is -0.432. The highest BCUT2D eigenvalue weighted by molar-refractivity contribution is 7.40. The van der Waals surface area contributed by atoms with Crippen LogP contribution >= 0.6 is 7.82 Å². The van der Waals surface area contributed by atoms with E-state index in [1.807, 2.05) is 30.3 Å². The van der Waals surface area contributed by atoms with Crippen LogP contribution in [-0.4, -0.2) is 22.5 Å². The molecule has 0 atom stereocenters. The summed E-state index contributed by atoms with van der Waals surface area (Å²) in [7, 11) is -5.39. The van der Waals surface area contributed by atoms with E-state index >= 15 is 0 Å². The summed E-state index contributed by atoms with van der Waals surface area (Å²) in [6.07, 6.45) is 8.78. The molecule has 0 aliphatic rings. The normalized spacial score (nSPS) is 11.0. The number of ether oxygens (including phenoxy) is 1. The van der Waals surface area contributed by atoms with Crippen molar-refractivity contribution in [1.82, 2.24) is 9.97 Å². The van der Waals surface area contributed by atoms with Crippen molar-refractivity contribution in [2.45, 2.75) is 0 Å². The first kappa shape index (κ1) is 21.9. The highest BCUT2D eigenvalue weighted by Crippen LogP contribution is 2.18. The van der Waals surface area contributed by atoms with Crippen molar-refractivity contribution in [3.05, 3.63) is 59.4 Å². The van der Waals surface area contributed by atoms with Crippen LogP contribution in [0.15, 0.2) is 42.5 Å². The Labute approximate surface area is 165 Å². The van der Waals surface area contributed by atoms with Crippen molar-refractivity contribution in [3.63, 3.8) is 0 Å². The van der Waals surface area contributed by atoms with Gasteiger partial charge in [0.15, 0.2) is 0 Å². The highest BCUT2D eigenvalue weighted by Gasteiger charge is 2.06. The second kappa shape index (κ2) is 9.68. The fourth-order valence-corrected chi connectivity index (χ4v) is 2.27. The van der Waals surface area contributed by atoms with Crippen molar-refractivity contribution in [3.8, 4) is 18.1 Å². The Morgan fingerprint density at radius 2 is 1.83 bits per heavy atom. The van der Waals surface area contributed by atoms with Gasteiger partial charge >= 0.3 is 0 Å². The Kier molecular flexibility index (Phi) is 7.31. The van der Waals surface area contributed by atoms with Crippen LogP contribution in [0.25, 0.3) is 23.2 Å². The fraction of sp³-hybridized carbons (Fsp3) is 0.0526. The van der Waals surface area contributed by atoms with Gasteiger partial charge in [0.1, 0.15) is 18.2 Å². The van der Waals surface area contributed by atoms with Gasteiger partial charge in [-0.15, -0.1) is 6.42 Å². The number of carboxylic acid groups (broad SMARTS) is 1. The van der Waals surface area contributed by atoms with E-state index in [1.54, 1.807) is 18.2 Å². The number of aromatic carboxylic acids is 1. The maximum absolute atomic E-state index is 11.1. The number of aromatic amines is 1. The van der Waals surface area contributed by atoms with Crippen LogP contribution in [0.1, 0.15) is 21.7 Å².